The molecule has 1 aromatic carbocycles. The Morgan fingerprint density at radius 1 is 1.27 bits per heavy atom. The zero-order valence-corrected chi connectivity index (χ0v) is 13.4. The highest BCUT2D eigenvalue weighted by molar-refractivity contribution is 5.84. The molecule has 1 aromatic heterocycles. The Balaban J connectivity index is 2.00. The summed E-state index contributed by atoms with van der Waals surface area (Å²) in [6.45, 7) is 9.20. The number of aromatic hydroxyl groups is 1. The van der Waals surface area contributed by atoms with Gasteiger partial charge in [-0.1, -0.05) is 13.8 Å². The van der Waals surface area contributed by atoms with E-state index in [2.05, 4.69) is 18.7 Å². The van der Waals surface area contributed by atoms with E-state index in [0.717, 1.165) is 30.6 Å². The van der Waals surface area contributed by atoms with Crippen molar-refractivity contribution in [1.82, 2.24) is 4.90 Å². The van der Waals surface area contributed by atoms with Crippen molar-refractivity contribution in [3.05, 3.63) is 39.7 Å². The summed E-state index contributed by atoms with van der Waals surface area (Å²) in [6.07, 6.45) is 1.27. The van der Waals surface area contributed by atoms with Crippen molar-refractivity contribution in [1.29, 1.82) is 0 Å². The summed E-state index contributed by atoms with van der Waals surface area (Å²) < 4.78 is 5.31. The lowest BCUT2D eigenvalue weighted by atomic mass is 9.91. The lowest BCUT2D eigenvalue weighted by Crippen LogP contribution is -2.38. The number of hydrogen-bond acceptors (Lipinski definition) is 4. The van der Waals surface area contributed by atoms with Crippen molar-refractivity contribution in [3.63, 3.8) is 0 Å². The molecule has 0 unspecified atom stereocenters. The van der Waals surface area contributed by atoms with E-state index in [0.29, 0.717) is 23.0 Å². The van der Waals surface area contributed by atoms with Gasteiger partial charge in [-0.05, 0) is 42.9 Å². The van der Waals surface area contributed by atoms with Crippen molar-refractivity contribution in [2.24, 2.45) is 11.8 Å². The molecule has 0 radical (unpaired) electrons. The molecular weight excluding hydrogens is 278 g/mol. The number of aryl methyl sites for hydroxylation is 1. The molecule has 2 atom stereocenters. The van der Waals surface area contributed by atoms with Gasteiger partial charge in [-0.15, -0.1) is 0 Å². The number of phenolic OH excluding ortho intramolecular Hbond substituents is 1. The average molecular weight is 301 g/mol. The van der Waals surface area contributed by atoms with Gasteiger partial charge in [0.2, 0.25) is 0 Å². The summed E-state index contributed by atoms with van der Waals surface area (Å²) in [6, 6.07) is 5.10. The first-order valence-electron chi connectivity index (χ1n) is 7.91. The molecule has 0 spiro atoms. The van der Waals surface area contributed by atoms with Crippen molar-refractivity contribution in [3.8, 4) is 5.75 Å². The number of nitrogens with zero attached hydrogens (tertiary/aromatic N) is 1. The summed E-state index contributed by atoms with van der Waals surface area (Å²) in [5, 5.41) is 10.7. The molecule has 1 aliphatic rings. The SMILES string of the molecule is Cc1c(O)ccc2c(CN3C[C@H](C)C[C@@H](C)C3)cc(=O)oc12. The molecule has 1 aliphatic heterocycles. The second-order valence-corrected chi connectivity index (χ2v) is 6.82. The Morgan fingerprint density at radius 2 is 1.95 bits per heavy atom. The molecule has 0 saturated carbocycles. The zero-order chi connectivity index (χ0) is 15.9. The summed E-state index contributed by atoms with van der Waals surface area (Å²) in [5.41, 5.74) is 1.75. The number of phenols is 1. The Morgan fingerprint density at radius 3 is 2.64 bits per heavy atom. The van der Waals surface area contributed by atoms with E-state index in [9.17, 15) is 9.90 Å². The van der Waals surface area contributed by atoms with Crippen LogP contribution in [0.25, 0.3) is 11.0 Å². The second-order valence-electron chi connectivity index (χ2n) is 6.82. The number of piperidine rings is 1. The van der Waals surface area contributed by atoms with Crippen LogP contribution in [0.3, 0.4) is 0 Å². The minimum Gasteiger partial charge on any atom is -0.508 e. The van der Waals surface area contributed by atoms with Gasteiger partial charge in [0.15, 0.2) is 0 Å². The largest absolute Gasteiger partial charge is 0.508 e. The van der Waals surface area contributed by atoms with Gasteiger partial charge < -0.3 is 9.52 Å². The number of rotatable bonds is 2. The Kier molecular flexibility index (Phi) is 3.96. The van der Waals surface area contributed by atoms with Gasteiger partial charge in [-0.3, -0.25) is 4.90 Å². The molecule has 22 heavy (non-hydrogen) atoms. The van der Waals surface area contributed by atoms with Gasteiger partial charge in [0.05, 0.1) is 0 Å². The van der Waals surface area contributed by atoms with E-state index in [1.807, 2.05) is 6.07 Å². The predicted octanol–water partition coefficient (Wildman–Crippen LogP) is 3.28. The van der Waals surface area contributed by atoms with Crippen molar-refractivity contribution in [2.45, 2.75) is 33.7 Å². The zero-order valence-electron chi connectivity index (χ0n) is 13.4. The summed E-state index contributed by atoms with van der Waals surface area (Å²) >= 11 is 0. The van der Waals surface area contributed by atoms with Crippen LogP contribution >= 0.6 is 0 Å². The van der Waals surface area contributed by atoms with E-state index in [4.69, 9.17) is 4.42 Å². The van der Waals surface area contributed by atoms with Crippen molar-refractivity contribution < 1.29 is 9.52 Å². The first-order valence-corrected chi connectivity index (χ1v) is 7.91. The van der Waals surface area contributed by atoms with Crippen molar-refractivity contribution in [2.75, 3.05) is 13.1 Å². The number of fused-ring (bicyclic) bond motifs is 1. The van der Waals surface area contributed by atoms with E-state index < -0.39 is 0 Å². The molecule has 0 aliphatic carbocycles. The van der Waals surface area contributed by atoms with Crippen LogP contribution in [0.1, 0.15) is 31.4 Å². The van der Waals surface area contributed by atoms with Gasteiger partial charge in [0.25, 0.3) is 0 Å². The van der Waals surface area contributed by atoms with Gasteiger partial charge in [-0.2, -0.15) is 0 Å². The lowest BCUT2D eigenvalue weighted by Gasteiger charge is -2.35. The molecular formula is C18H23NO3. The second kappa shape index (κ2) is 5.76. The molecule has 4 heteroatoms. The Labute approximate surface area is 130 Å². The third-order valence-corrected chi connectivity index (χ3v) is 4.56. The maximum absolute atomic E-state index is 11.9. The molecule has 1 saturated heterocycles. The number of benzene rings is 1. The summed E-state index contributed by atoms with van der Waals surface area (Å²) in [4.78, 5) is 14.3. The molecule has 2 aromatic rings. The van der Waals surface area contributed by atoms with Gasteiger partial charge in [0, 0.05) is 36.7 Å². The summed E-state index contributed by atoms with van der Waals surface area (Å²) in [5.74, 6) is 1.52. The fourth-order valence-electron chi connectivity index (χ4n) is 3.71. The molecule has 1 N–H and O–H groups in total. The Bertz CT molecular complexity index is 740. The lowest BCUT2D eigenvalue weighted by molar-refractivity contribution is 0.134. The molecule has 2 heterocycles. The fourth-order valence-corrected chi connectivity index (χ4v) is 3.71. The van der Waals surface area contributed by atoms with Crippen LogP contribution < -0.4 is 5.63 Å². The third-order valence-electron chi connectivity index (χ3n) is 4.56. The van der Waals surface area contributed by atoms with E-state index in [1.54, 1.807) is 19.1 Å². The normalized spacial score (nSPS) is 23.0. The third kappa shape index (κ3) is 2.88. The topological polar surface area (TPSA) is 53.7 Å². The quantitative estimate of drug-likeness (QED) is 0.865. The minimum absolute atomic E-state index is 0.160. The molecule has 4 nitrogen and oxygen atoms in total. The van der Waals surface area contributed by atoms with Crippen LogP contribution in [0.2, 0.25) is 0 Å². The fraction of sp³-hybridized carbons (Fsp3) is 0.500. The van der Waals surface area contributed by atoms with Crippen LogP contribution in [0.5, 0.6) is 5.75 Å². The van der Waals surface area contributed by atoms with Crippen LogP contribution in [-0.4, -0.2) is 23.1 Å². The highest BCUT2D eigenvalue weighted by atomic mass is 16.4. The summed E-state index contributed by atoms with van der Waals surface area (Å²) in [7, 11) is 0. The number of hydrogen-bond donors (Lipinski definition) is 1. The van der Waals surface area contributed by atoms with E-state index in [-0.39, 0.29) is 11.4 Å². The molecule has 118 valence electrons. The van der Waals surface area contributed by atoms with E-state index in [1.165, 1.54) is 6.42 Å². The van der Waals surface area contributed by atoms with Gasteiger partial charge in [-0.25, -0.2) is 4.79 Å². The minimum atomic E-state index is -0.352. The molecule has 1 fully saturated rings. The van der Waals surface area contributed by atoms with Gasteiger partial charge >= 0.3 is 5.63 Å². The first kappa shape index (κ1) is 15.1. The van der Waals surface area contributed by atoms with E-state index >= 15 is 0 Å². The number of likely N-dealkylation sites (tertiary alicyclic amines) is 1. The standard InChI is InChI=1S/C18H23NO3/c1-11-6-12(2)9-19(8-11)10-14-7-17(21)22-18-13(3)16(20)5-4-15(14)18/h4-5,7,11-12,20H,6,8-10H2,1-3H3/t11-,12-/m1/s1. The Hall–Kier alpha value is -1.81. The molecule has 3 rings (SSSR count). The van der Waals surface area contributed by atoms with Crippen LogP contribution in [0.15, 0.2) is 27.4 Å². The molecule has 0 bridgehead atoms. The van der Waals surface area contributed by atoms with Crippen molar-refractivity contribution >= 4 is 11.0 Å². The van der Waals surface area contributed by atoms with Crippen LogP contribution in [0, 0.1) is 18.8 Å². The average Bonchev–Trinajstić information content (AvgIpc) is 2.42. The highest BCUT2D eigenvalue weighted by Crippen LogP contribution is 2.29. The monoisotopic (exact) mass is 301 g/mol. The molecule has 0 amide bonds. The maximum atomic E-state index is 11.9. The first-order chi connectivity index (χ1) is 10.4. The predicted molar refractivity (Wildman–Crippen MR) is 87.1 cm³/mol. The van der Waals surface area contributed by atoms with Crippen LogP contribution in [-0.2, 0) is 6.54 Å². The smallest absolute Gasteiger partial charge is 0.336 e. The van der Waals surface area contributed by atoms with Crippen LogP contribution in [0.4, 0.5) is 0 Å². The maximum Gasteiger partial charge on any atom is 0.336 e. The van der Waals surface area contributed by atoms with Gasteiger partial charge in [0.1, 0.15) is 11.3 Å². The highest BCUT2D eigenvalue weighted by Gasteiger charge is 2.22.